The molecule has 0 N–H and O–H groups in total. The molecule has 0 spiro atoms. The molecule has 1 atom stereocenters. The van der Waals surface area contributed by atoms with E-state index in [1.54, 1.807) is 0 Å². The zero-order chi connectivity index (χ0) is 12.0. The molecule has 0 amide bonds. The fourth-order valence-electron chi connectivity index (χ4n) is 2.18. The molecule has 0 aromatic heterocycles. The van der Waals surface area contributed by atoms with Gasteiger partial charge in [-0.05, 0) is 52.6 Å². The number of nitriles is 2. The molecule has 0 aromatic rings. The van der Waals surface area contributed by atoms with Gasteiger partial charge in [0.05, 0.1) is 23.6 Å². The van der Waals surface area contributed by atoms with Crippen LogP contribution in [-0.4, -0.2) is 24.0 Å². The van der Waals surface area contributed by atoms with Crippen LogP contribution in [0.5, 0.6) is 0 Å². The zero-order valence-electron chi connectivity index (χ0n) is 10.4. The summed E-state index contributed by atoms with van der Waals surface area (Å²) in [4.78, 5) is 2.28. The first-order valence-electron chi connectivity index (χ1n) is 6.14. The van der Waals surface area contributed by atoms with E-state index in [4.69, 9.17) is 10.5 Å². The maximum atomic E-state index is 8.93. The monoisotopic (exact) mass is 219 g/mol. The lowest BCUT2D eigenvalue weighted by atomic mass is 9.89. The molecule has 1 aliphatic rings. The van der Waals surface area contributed by atoms with Crippen molar-refractivity contribution in [2.45, 2.75) is 52.0 Å². The Hall–Kier alpha value is -1.06. The molecule has 0 saturated carbocycles. The van der Waals surface area contributed by atoms with Crippen molar-refractivity contribution in [1.82, 2.24) is 4.90 Å². The Morgan fingerprint density at radius 2 is 2.06 bits per heavy atom. The second-order valence-electron chi connectivity index (χ2n) is 5.28. The van der Waals surface area contributed by atoms with Gasteiger partial charge in [-0.3, -0.25) is 4.90 Å². The number of rotatable bonds is 5. The smallest absolute Gasteiger partial charge is 0.0978 e. The fraction of sp³-hybridized carbons (Fsp3) is 0.846. The van der Waals surface area contributed by atoms with Crippen molar-refractivity contribution in [2.75, 3.05) is 13.1 Å². The summed E-state index contributed by atoms with van der Waals surface area (Å²) in [7, 11) is 0. The molecule has 1 rings (SSSR count). The van der Waals surface area contributed by atoms with Gasteiger partial charge in [-0.15, -0.1) is 0 Å². The van der Waals surface area contributed by atoms with Gasteiger partial charge in [-0.25, -0.2) is 0 Å². The molecule has 1 aliphatic heterocycles. The lowest BCUT2D eigenvalue weighted by molar-refractivity contribution is 0.280. The Labute approximate surface area is 98.7 Å². The van der Waals surface area contributed by atoms with Crippen molar-refractivity contribution < 1.29 is 0 Å². The molecule has 3 nitrogen and oxygen atoms in total. The summed E-state index contributed by atoms with van der Waals surface area (Å²) >= 11 is 0. The Kier molecular flexibility index (Phi) is 4.77. The first-order valence-corrected chi connectivity index (χ1v) is 6.14. The third-order valence-electron chi connectivity index (χ3n) is 3.31. The second kappa shape index (κ2) is 5.87. The summed E-state index contributed by atoms with van der Waals surface area (Å²) < 4.78 is 0. The quantitative estimate of drug-likeness (QED) is 0.668. The number of hydrogen-bond acceptors (Lipinski definition) is 3. The summed E-state index contributed by atoms with van der Waals surface area (Å²) in [6.07, 6.45) is 5.31. The van der Waals surface area contributed by atoms with E-state index < -0.39 is 0 Å². The van der Waals surface area contributed by atoms with Crippen LogP contribution in [0.15, 0.2) is 0 Å². The van der Waals surface area contributed by atoms with Gasteiger partial charge < -0.3 is 0 Å². The minimum atomic E-state index is -0.195. The van der Waals surface area contributed by atoms with Crippen molar-refractivity contribution in [3.63, 3.8) is 0 Å². The topological polar surface area (TPSA) is 50.8 Å². The highest BCUT2D eigenvalue weighted by Gasteiger charge is 2.23. The summed E-state index contributed by atoms with van der Waals surface area (Å²) in [5.74, 6) is 0. The maximum Gasteiger partial charge on any atom is 0.0978 e. The predicted molar refractivity (Wildman–Crippen MR) is 63.5 cm³/mol. The Bertz CT molecular complexity index is 295. The first kappa shape index (κ1) is 13.0. The van der Waals surface area contributed by atoms with Gasteiger partial charge in [0.2, 0.25) is 0 Å². The minimum Gasteiger partial charge on any atom is -0.288 e. The van der Waals surface area contributed by atoms with Gasteiger partial charge in [0.25, 0.3) is 0 Å². The molecule has 0 radical (unpaired) electrons. The van der Waals surface area contributed by atoms with Gasteiger partial charge in [0.15, 0.2) is 0 Å². The van der Waals surface area contributed by atoms with Gasteiger partial charge in [0, 0.05) is 0 Å². The highest BCUT2D eigenvalue weighted by atomic mass is 15.2. The fourth-order valence-corrected chi connectivity index (χ4v) is 2.18. The van der Waals surface area contributed by atoms with Crippen LogP contribution in [0.4, 0.5) is 0 Å². The summed E-state index contributed by atoms with van der Waals surface area (Å²) in [6, 6.07) is 4.82. The second-order valence-corrected chi connectivity index (χ2v) is 5.28. The average Bonchev–Trinajstić information content (AvgIpc) is 2.72. The van der Waals surface area contributed by atoms with Crippen LogP contribution in [0.1, 0.15) is 46.0 Å². The highest BCUT2D eigenvalue weighted by molar-refractivity contribution is 4.96. The van der Waals surface area contributed by atoms with Crippen molar-refractivity contribution >= 4 is 0 Å². The van der Waals surface area contributed by atoms with E-state index in [9.17, 15) is 0 Å². The van der Waals surface area contributed by atoms with Crippen LogP contribution in [0.2, 0.25) is 0 Å². The third kappa shape index (κ3) is 3.83. The van der Waals surface area contributed by atoms with Crippen LogP contribution >= 0.6 is 0 Å². The van der Waals surface area contributed by atoms with Gasteiger partial charge in [-0.2, -0.15) is 10.5 Å². The number of nitrogens with zero attached hydrogens (tertiary/aromatic N) is 3. The van der Waals surface area contributed by atoms with Crippen molar-refractivity contribution in [3.8, 4) is 12.1 Å². The van der Waals surface area contributed by atoms with E-state index in [0.717, 1.165) is 45.2 Å². The third-order valence-corrected chi connectivity index (χ3v) is 3.31. The van der Waals surface area contributed by atoms with E-state index in [2.05, 4.69) is 17.0 Å². The maximum absolute atomic E-state index is 8.93. The van der Waals surface area contributed by atoms with Gasteiger partial charge >= 0.3 is 0 Å². The van der Waals surface area contributed by atoms with E-state index in [1.807, 2.05) is 13.8 Å². The molecule has 1 saturated heterocycles. The van der Waals surface area contributed by atoms with Gasteiger partial charge in [-0.1, -0.05) is 6.42 Å². The average molecular weight is 219 g/mol. The normalized spacial score (nSPS) is 21.6. The van der Waals surface area contributed by atoms with Crippen molar-refractivity contribution in [3.05, 3.63) is 0 Å². The van der Waals surface area contributed by atoms with E-state index in [0.29, 0.717) is 0 Å². The molecule has 0 aromatic carbocycles. The molecule has 1 fully saturated rings. The molecule has 0 aliphatic carbocycles. The van der Waals surface area contributed by atoms with Crippen molar-refractivity contribution in [2.24, 2.45) is 5.41 Å². The highest BCUT2D eigenvalue weighted by Crippen LogP contribution is 2.23. The Balaban J connectivity index is 2.17. The largest absolute Gasteiger partial charge is 0.288 e. The van der Waals surface area contributed by atoms with Crippen LogP contribution < -0.4 is 0 Å². The summed E-state index contributed by atoms with van der Waals surface area (Å²) in [6.45, 7) is 6.06. The van der Waals surface area contributed by atoms with Crippen LogP contribution in [0, 0.1) is 28.1 Å². The molecule has 1 heterocycles. The molecule has 88 valence electrons. The molecule has 0 bridgehead atoms. The summed E-state index contributed by atoms with van der Waals surface area (Å²) in [5, 5.41) is 17.8. The lowest BCUT2D eigenvalue weighted by Crippen LogP contribution is -2.29. The minimum absolute atomic E-state index is 0.143. The number of unbranched alkanes of at least 4 members (excludes halogenated alkanes) is 1. The van der Waals surface area contributed by atoms with Gasteiger partial charge in [0.1, 0.15) is 0 Å². The van der Waals surface area contributed by atoms with Crippen LogP contribution in [0.25, 0.3) is 0 Å². The number of hydrogen-bond donors (Lipinski definition) is 0. The summed E-state index contributed by atoms with van der Waals surface area (Å²) in [5.41, 5.74) is -0.195. The molecule has 16 heavy (non-hydrogen) atoms. The SMILES string of the molecule is CC(C)(C#N)CCCCN1CCCC1C#N. The number of likely N-dealkylation sites (tertiary alicyclic amines) is 1. The van der Waals surface area contributed by atoms with Crippen molar-refractivity contribution in [1.29, 1.82) is 10.5 Å². The van der Waals surface area contributed by atoms with Crippen LogP contribution in [-0.2, 0) is 0 Å². The zero-order valence-corrected chi connectivity index (χ0v) is 10.4. The molecular weight excluding hydrogens is 198 g/mol. The first-order chi connectivity index (χ1) is 7.59. The lowest BCUT2D eigenvalue weighted by Gasteiger charge is -2.20. The molecule has 1 unspecified atom stereocenters. The van der Waals surface area contributed by atoms with E-state index in [1.165, 1.54) is 0 Å². The van der Waals surface area contributed by atoms with Crippen LogP contribution in [0.3, 0.4) is 0 Å². The standard InChI is InChI=1S/C13H21N3/c1-13(2,11-15)7-3-4-8-16-9-5-6-12(16)10-14/h12H,3-9H2,1-2H3. The molecular formula is C13H21N3. The van der Waals surface area contributed by atoms with E-state index in [-0.39, 0.29) is 11.5 Å². The van der Waals surface area contributed by atoms with E-state index >= 15 is 0 Å². The molecule has 3 heteroatoms. The Morgan fingerprint density at radius 1 is 1.31 bits per heavy atom. The predicted octanol–water partition coefficient (Wildman–Crippen LogP) is 2.69. The Morgan fingerprint density at radius 3 is 2.69 bits per heavy atom.